The Labute approximate surface area is 262 Å². The van der Waals surface area contributed by atoms with E-state index in [1.54, 1.807) is 13.0 Å². The third kappa shape index (κ3) is 5.83. The molecule has 0 aliphatic rings. The predicted octanol–water partition coefficient (Wildman–Crippen LogP) is 11.1. The van der Waals surface area contributed by atoms with Gasteiger partial charge >= 0.3 is 0 Å². The van der Waals surface area contributed by atoms with Crippen LogP contribution in [0.25, 0.3) is 44.2 Å². The summed E-state index contributed by atoms with van der Waals surface area (Å²) >= 11 is 0. The van der Waals surface area contributed by atoms with Crippen LogP contribution in [0.4, 0.5) is 39.5 Å². The maximum Gasteiger partial charge on any atom is 0.194 e. The summed E-state index contributed by atoms with van der Waals surface area (Å²) in [6.07, 6.45) is 0.315. The molecule has 6 aromatic carbocycles. The van der Waals surface area contributed by atoms with Crippen LogP contribution in [-0.2, 0) is 6.42 Å². The first-order valence-corrected chi connectivity index (χ1v) is 14.1. The van der Waals surface area contributed by atoms with E-state index >= 15 is 8.78 Å². The minimum Gasteiger partial charge on any atom is -0.206 e. The zero-order valence-corrected chi connectivity index (χ0v) is 24.2. The van der Waals surface area contributed by atoms with Crippen LogP contribution in [-0.4, -0.2) is 0 Å². The van der Waals surface area contributed by atoms with Gasteiger partial charge in [0.2, 0.25) is 0 Å². The van der Waals surface area contributed by atoms with Crippen molar-refractivity contribution in [1.29, 1.82) is 0 Å². The van der Waals surface area contributed by atoms with Crippen molar-refractivity contribution in [2.75, 3.05) is 0 Å². The van der Waals surface area contributed by atoms with Gasteiger partial charge in [-0.1, -0.05) is 55.2 Å². The highest BCUT2D eigenvalue weighted by Gasteiger charge is 2.20. The summed E-state index contributed by atoms with van der Waals surface area (Å²) in [5.74, 6) is -5.84. The molecule has 0 saturated heterocycles. The number of fused-ring (bicyclic) bond motifs is 1. The maximum atomic E-state index is 15.4. The van der Waals surface area contributed by atoms with E-state index in [1.165, 1.54) is 42.5 Å². The minimum absolute atomic E-state index is 0.0391. The molecular weight excluding hydrogens is 627 g/mol. The first-order chi connectivity index (χ1) is 22.5. The fraction of sp³-hybridized carbons (Fsp3) is 0.0526. The van der Waals surface area contributed by atoms with Gasteiger partial charge in [0.25, 0.3) is 0 Å². The van der Waals surface area contributed by atoms with Gasteiger partial charge in [-0.3, -0.25) is 0 Å². The van der Waals surface area contributed by atoms with E-state index in [-0.39, 0.29) is 27.5 Å². The maximum absolute atomic E-state index is 15.4. The van der Waals surface area contributed by atoms with Crippen LogP contribution in [0, 0.1) is 64.2 Å². The van der Waals surface area contributed by atoms with Crippen molar-refractivity contribution in [2.24, 2.45) is 0 Å². The lowest BCUT2D eigenvalue weighted by molar-refractivity contribution is 0.447. The van der Waals surface area contributed by atoms with Gasteiger partial charge in [-0.15, -0.1) is 0 Å². The number of benzene rings is 6. The van der Waals surface area contributed by atoms with Gasteiger partial charge in [0.15, 0.2) is 17.5 Å². The van der Waals surface area contributed by atoms with Crippen LogP contribution >= 0.6 is 0 Å². The average molecular weight is 647 g/mol. The summed E-state index contributed by atoms with van der Waals surface area (Å²) in [4.78, 5) is 0. The van der Waals surface area contributed by atoms with Crippen LogP contribution in [0.1, 0.15) is 23.6 Å². The van der Waals surface area contributed by atoms with Gasteiger partial charge in [-0.2, -0.15) is 0 Å². The Morgan fingerprint density at radius 3 is 1.70 bits per heavy atom. The molecular formula is C38H19F9. The van der Waals surface area contributed by atoms with E-state index < -0.39 is 69.0 Å². The van der Waals surface area contributed by atoms with Gasteiger partial charge in [-0.25, -0.2) is 39.5 Å². The summed E-state index contributed by atoms with van der Waals surface area (Å²) < 4.78 is 130. The summed E-state index contributed by atoms with van der Waals surface area (Å²) in [6, 6.07) is 16.2. The third-order valence-corrected chi connectivity index (χ3v) is 7.71. The molecule has 0 heterocycles. The molecule has 0 aromatic heterocycles. The number of hydrogen-bond acceptors (Lipinski definition) is 0. The topological polar surface area (TPSA) is 0 Å². The van der Waals surface area contributed by atoms with E-state index in [1.807, 2.05) is 0 Å². The molecule has 0 amide bonds. The molecule has 0 spiro atoms. The highest BCUT2D eigenvalue weighted by atomic mass is 19.2. The summed E-state index contributed by atoms with van der Waals surface area (Å²) in [5.41, 5.74) is -0.462. The number of aryl methyl sites for hydroxylation is 1. The van der Waals surface area contributed by atoms with Gasteiger partial charge in [0.05, 0.1) is 22.1 Å². The lowest BCUT2D eigenvalue weighted by atomic mass is 9.94. The molecule has 0 N–H and O–H groups in total. The summed E-state index contributed by atoms with van der Waals surface area (Å²) in [5, 5.41) is -0.254. The Balaban J connectivity index is 1.32. The standard InChI is InChI=1S/C38H19F9/c1-2-20-14-24(21-7-9-22(10-8-21)35-31(43)15-23-4-3-5-27(39)36(23)38(35)47)16-28(40)26(20)11-6-19-12-29(41)34(30(42)13-19)25-17-32(44)37(46)33(45)18-25/h3-5,7-10,12-18H,2H2,1H3. The molecule has 0 radical (unpaired) electrons. The van der Waals surface area contributed by atoms with E-state index in [0.29, 0.717) is 35.2 Å². The van der Waals surface area contributed by atoms with E-state index in [4.69, 9.17) is 0 Å². The Bertz CT molecular complexity index is 2230. The molecule has 0 unspecified atom stereocenters. The first kappa shape index (κ1) is 31.5. The van der Waals surface area contributed by atoms with Crippen LogP contribution in [0.3, 0.4) is 0 Å². The van der Waals surface area contributed by atoms with Crippen LogP contribution in [0.15, 0.2) is 84.9 Å². The van der Waals surface area contributed by atoms with Crippen LogP contribution in [0.2, 0.25) is 0 Å². The molecule has 0 atom stereocenters. The highest BCUT2D eigenvalue weighted by molar-refractivity contribution is 5.89. The first-order valence-electron chi connectivity index (χ1n) is 14.1. The van der Waals surface area contributed by atoms with E-state index in [9.17, 15) is 30.7 Å². The molecule has 9 heteroatoms. The van der Waals surface area contributed by atoms with E-state index in [0.717, 1.165) is 24.3 Å². The van der Waals surface area contributed by atoms with Crippen molar-refractivity contribution >= 4 is 10.8 Å². The lowest BCUT2D eigenvalue weighted by Gasteiger charge is -2.12. The molecule has 234 valence electrons. The normalized spacial score (nSPS) is 11.1. The highest BCUT2D eigenvalue weighted by Crippen LogP contribution is 2.35. The van der Waals surface area contributed by atoms with Crippen molar-refractivity contribution in [2.45, 2.75) is 13.3 Å². The molecule has 6 aromatic rings. The Morgan fingerprint density at radius 1 is 0.468 bits per heavy atom. The smallest absolute Gasteiger partial charge is 0.194 e. The molecule has 0 nitrogen and oxygen atoms in total. The fourth-order valence-corrected chi connectivity index (χ4v) is 5.43. The molecule has 0 bridgehead atoms. The second kappa shape index (κ2) is 12.4. The van der Waals surface area contributed by atoms with Crippen LogP contribution in [0.5, 0.6) is 0 Å². The van der Waals surface area contributed by atoms with Gasteiger partial charge < -0.3 is 0 Å². The largest absolute Gasteiger partial charge is 0.206 e. The number of hydrogen-bond donors (Lipinski definition) is 0. The Morgan fingerprint density at radius 2 is 1.06 bits per heavy atom. The summed E-state index contributed by atoms with van der Waals surface area (Å²) in [6.45, 7) is 1.74. The second-order valence-electron chi connectivity index (χ2n) is 10.6. The SMILES string of the molecule is CCc1cc(-c2ccc(-c3c(F)cc4cccc(F)c4c3F)cc2)cc(F)c1C#Cc1cc(F)c(-c2cc(F)c(F)c(F)c2)c(F)c1. The number of halogens is 9. The number of rotatable bonds is 4. The second-order valence-corrected chi connectivity index (χ2v) is 10.6. The van der Waals surface area contributed by atoms with Crippen molar-refractivity contribution in [3.05, 3.63) is 154 Å². The zero-order chi connectivity index (χ0) is 33.6. The molecule has 0 saturated carbocycles. The summed E-state index contributed by atoms with van der Waals surface area (Å²) in [7, 11) is 0. The quantitative estimate of drug-likeness (QED) is 0.102. The van der Waals surface area contributed by atoms with Crippen molar-refractivity contribution in [1.82, 2.24) is 0 Å². The third-order valence-electron chi connectivity index (χ3n) is 7.71. The Hall–Kier alpha value is -5.49. The molecule has 47 heavy (non-hydrogen) atoms. The van der Waals surface area contributed by atoms with Crippen molar-refractivity contribution < 1.29 is 39.5 Å². The average Bonchev–Trinajstić information content (AvgIpc) is 3.02. The minimum atomic E-state index is -1.78. The Kier molecular flexibility index (Phi) is 8.29. The monoisotopic (exact) mass is 646 g/mol. The van der Waals surface area contributed by atoms with Gasteiger partial charge in [-0.05, 0) is 88.2 Å². The van der Waals surface area contributed by atoms with Crippen molar-refractivity contribution in [3.8, 4) is 45.2 Å². The van der Waals surface area contributed by atoms with Gasteiger partial charge in [0, 0.05) is 5.56 Å². The van der Waals surface area contributed by atoms with Crippen molar-refractivity contribution in [3.63, 3.8) is 0 Å². The lowest BCUT2D eigenvalue weighted by Crippen LogP contribution is -1.97. The van der Waals surface area contributed by atoms with E-state index in [2.05, 4.69) is 11.8 Å². The fourth-order valence-electron chi connectivity index (χ4n) is 5.43. The molecule has 0 fully saturated rings. The zero-order valence-electron chi connectivity index (χ0n) is 24.2. The molecule has 0 aliphatic carbocycles. The predicted molar refractivity (Wildman–Crippen MR) is 162 cm³/mol. The molecule has 0 aliphatic heterocycles. The molecule has 6 rings (SSSR count). The van der Waals surface area contributed by atoms with Crippen LogP contribution < -0.4 is 0 Å². The van der Waals surface area contributed by atoms with Gasteiger partial charge in [0.1, 0.15) is 34.9 Å².